The summed E-state index contributed by atoms with van der Waals surface area (Å²) in [6, 6.07) is 3.54. The number of aromatic nitrogens is 1. The monoisotopic (exact) mass is 453 g/mol. The van der Waals surface area contributed by atoms with E-state index >= 15 is 0 Å². The van der Waals surface area contributed by atoms with Gasteiger partial charge in [0.25, 0.3) is 5.91 Å². The average molecular weight is 454 g/mol. The molecule has 33 heavy (non-hydrogen) atoms. The number of likely N-dealkylation sites (N-methyl/N-ethyl adjacent to an activating group) is 1. The highest BCUT2D eigenvalue weighted by Gasteiger charge is 2.35. The number of carbonyl (C=O) groups is 3. The third kappa shape index (κ3) is 6.44. The van der Waals surface area contributed by atoms with Crippen LogP contribution in [0.1, 0.15) is 38.2 Å². The third-order valence-electron chi connectivity index (χ3n) is 5.47. The molecule has 1 N–H and O–H groups in total. The van der Waals surface area contributed by atoms with Crippen LogP contribution in [0.3, 0.4) is 0 Å². The Kier molecular flexibility index (Phi) is 7.87. The quantitative estimate of drug-likeness (QED) is 0.458. The standard InChI is InChI=1S/C24H28FN5O3/c1-16(11-26-12-17(2)25)18-6-9-21(27-13-18)28-22(32)14-30-10-4-5-19(15-31)23(30)24(33)29(3)20-7-8-20/h6,9,11-13,15,20H,1,4-5,7-8,10,14H2,2-3H3,(H,27,28,32)/b17-12+,26-11?. The van der Waals surface area contributed by atoms with Crippen molar-refractivity contribution in [2.75, 3.05) is 25.5 Å². The van der Waals surface area contributed by atoms with Crippen LogP contribution in [0.5, 0.6) is 0 Å². The molecular formula is C24H28FN5O3. The van der Waals surface area contributed by atoms with Crippen LogP contribution >= 0.6 is 0 Å². The van der Waals surface area contributed by atoms with Crippen molar-refractivity contribution in [3.63, 3.8) is 0 Å². The number of rotatable bonds is 9. The van der Waals surface area contributed by atoms with E-state index in [-0.39, 0.29) is 24.4 Å². The zero-order valence-electron chi connectivity index (χ0n) is 18.9. The Hall–Kier alpha value is -3.62. The molecule has 2 amide bonds. The molecule has 8 nitrogen and oxygen atoms in total. The third-order valence-corrected chi connectivity index (χ3v) is 5.47. The fourth-order valence-corrected chi connectivity index (χ4v) is 3.55. The Balaban J connectivity index is 1.64. The number of aliphatic imine (C=N–C) groups is 1. The van der Waals surface area contributed by atoms with Gasteiger partial charge in [0, 0.05) is 43.2 Å². The van der Waals surface area contributed by atoms with E-state index in [1.807, 2.05) is 0 Å². The van der Waals surface area contributed by atoms with Gasteiger partial charge in [-0.25, -0.2) is 9.37 Å². The molecule has 1 saturated carbocycles. The second kappa shape index (κ2) is 10.8. The van der Waals surface area contributed by atoms with Gasteiger partial charge in [-0.2, -0.15) is 0 Å². The first-order chi connectivity index (χ1) is 15.8. The molecule has 1 aromatic rings. The maximum absolute atomic E-state index is 13.0. The second-order valence-electron chi connectivity index (χ2n) is 8.16. The molecule has 1 aliphatic heterocycles. The number of nitrogens with zero attached hydrogens (tertiary/aromatic N) is 4. The first-order valence-electron chi connectivity index (χ1n) is 10.8. The molecule has 9 heteroatoms. The van der Waals surface area contributed by atoms with Gasteiger partial charge in [-0.1, -0.05) is 6.58 Å². The number of nitrogens with one attached hydrogen (secondary N) is 1. The predicted octanol–water partition coefficient (Wildman–Crippen LogP) is 3.10. The van der Waals surface area contributed by atoms with Crippen molar-refractivity contribution >= 4 is 35.7 Å². The van der Waals surface area contributed by atoms with Gasteiger partial charge in [-0.15, -0.1) is 0 Å². The zero-order chi connectivity index (χ0) is 24.0. The van der Waals surface area contributed by atoms with Crippen LogP contribution in [0.2, 0.25) is 0 Å². The van der Waals surface area contributed by atoms with Crippen LogP contribution < -0.4 is 5.32 Å². The van der Waals surface area contributed by atoms with Crippen LogP contribution in [0.4, 0.5) is 10.2 Å². The van der Waals surface area contributed by atoms with Crippen LogP contribution in [0, 0.1) is 0 Å². The molecule has 1 fully saturated rings. The number of pyridine rings is 1. The molecule has 0 radical (unpaired) electrons. The molecule has 1 aromatic heterocycles. The summed E-state index contributed by atoms with van der Waals surface area (Å²) in [5.74, 6) is -0.631. The van der Waals surface area contributed by atoms with E-state index in [2.05, 4.69) is 21.9 Å². The topological polar surface area (TPSA) is 95.0 Å². The van der Waals surface area contributed by atoms with Crippen LogP contribution in [-0.4, -0.2) is 65.3 Å². The van der Waals surface area contributed by atoms with Crippen molar-refractivity contribution in [1.82, 2.24) is 14.8 Å². The minimum atomic E-state index is -0.414. The Morgan fingerprint density at radius 1 is 1.39 bits per heavy atom. The Morgan fingerprint density at radius 3 is 2.76 bits per heavy atom. The van der Waals surface area contributed by atoms with E-state index in [1.165, 1.54) is 19.3 Å². The smallest absolute Gasteiger partial charge is 0.270 e. The van der Waals surface area contributed by atoms with E-state index in [4.69, 9.17) is 0 Å². The van der Waals surface area contributed by atoms with Crippen LogP contribution in [0.15, 0.2) is 53.2 Å². The summed E-state index contributed by atoms with van der Waals surface area (Å²) < 4.78 is 12.7. The number of hydrogen-bond donors (Lipinski definition) is 1. The molecule has 0 unspecified atom stereocenters. The zero-order valence-corrected chi connectivity index (χ0v) is 18.9. The number of aldehydes is 1. The van der Waals surface area contributed by atoms with Gasteiger partial charge in [0.15, 0.2) is 0 Å². The van der Waals surface area contributed by atoms with Crippen molar-refractivity contribution < 1.29 is 18.8 Å². The van der Waals surface area contributed by atoms with Crippen molar-refractivity contribution in [3.05, 3.63) is 53.8 Å². The average Bonchev–Trinajstić information content (AvgIpc) is 3.63. The van der Waals surface area contributed by atoms with Crippen molar-refractivity contribution in [3.8, 4) is 0 Å². The lowest BCUT2D eigenvalue weighted by Crippen LogP contribution is -2.43. The van der Waals surface area contributed by atoms with E-state index in [0.717, 1.165) is 25.3 Å². The van der Waals surface area contributed by atoms with E-state index in [9.17, 15) is 18.8 Å². The fourth-order valence-electron chi connectivity index (χ4n) is 3.55. The highest BCUT2D eigenvalue weighted by molar-refractivity contribution is 6.09. The number of allylic oxidation sites excluding steroid dienone is 3. The number of carbonyl (C=O) groups excluding carboxylic acids is 3. The Bertz CT molecular complexity index is 1020. The second-order valence-corrected chi connectivity index (χ2v) is 8.16. The highest BCUT2D eigenvalue weighted by Crippen LogP contribution is 2.29. The van der Waals surface area contributed by atoms with Gasteiger partial charge in [-0.3, -0.25) is 19.4 Å². The number of anilines is 1. The minimum absolute atomic E-state index is 0.0609. The molecule has 0 aromatic carbocycles. The Morgan fingerprint density at radius 2 is 2.15 bits per heavy atom. The first kappa shape index (κ1) is 24.0. The molecule has 2 aliphatic rings. The molecular weight excluding hydrogens is 425 g/mol. The molecule has 0 atom stereocenters. The summed E-state index contributed by atoms with van der Waals surface area (Å²) in [6.45, 7) is 5.61. The van der Waals surface area contributed by atoms with Gasteiger partial charge in [-0.05, 0) is 50.3 Å². The molecule has 174 valence electrons. The summed E-state index contributed by atoms with van der Waals surface area (Å²) in [5, 5.41) is 2.72. The summed E-state index contributed by atoms with van der Waals surface area (Å²) >= 11 is 0. The fraction of sp³-hybridized carbons (Fsp3) is 0.375. The van der Waals surface area contributed by atoms with Gasteiger partial charge in [0.1, 0.15) is 23.6 Å². The van der Waals surface area contributed by atoms with Crippen molar-refractivity contribution in [2.45, 2.75) is 38.6 Å². The van der Waals surface area contributed by atoms with E-state index < -0.39 is 5.83 Å². The normalized spacial score (nSPS) is 16.7. The van der Waals surface area contributed by atoms with Crippen molar-refractivity contribution in [2.24, 2.45) is 4.99 Å². The highest BCUT2D eigenvalue weighted by atomic mass is 19.1. The summed E-state index contributed by atoms with van der Waals surface area (Å²) in [4.78, 5) is 48.6. The van der Waals surface area contributed by atoms with Gasteiger partial charge < -0.3 is 15.1 Å². The molecule has 1 aliphatic carbocycles. The largest absolute Gasteiger partial charge is 0.357 e. The molecule has 0 bridgehead atoms. The van der Waals surface area contributed by atoms with E-state index in [0.29, 0.717) is 47.6 Å². The maximum Gasteiger partial charge on any atom is 0.270 e. The van der Waals surface area contributed by atoms with E-state index in [1.54, 1.807) is 29.0 Å². The van der Waals surface area contributed by atoms with Gasteiger partial charge >= 0.3 is 0 Å². The number of amides is 2. The van der Waals surface area contributed by atoms with Gasteiger partial charge in [0.05, 0.1) is 12.7 Å². The number of hydrogen-bond acceptors (Lipinski definition) is 6. The molecule has 0 saturated heterocycles. The molecule has 3 rings (SSSR count). The minimum Gasteiger partial charge on any atom is -0.357 e. The maximum atomic E-state index is 13.0. The van der Waals surface area contributed by atoms with Crippen LogP contribution in [0.25, 0.3) is 5.57 Å². The SMILES string of the molecule is C=C(C=N/C=C(\C)F)c1ccc(NC(=O)CN2CCCC(C=O)=C2C(=O)N(C)C2CC2)nc1. The lowest BCUT2D eigenvalue weighted by Gasteiger charge is -2.33. The Labute approximate surface area is 192 Å². The predicted molar refractivity (Wildman–Crippen MR) is 125 cm³/mol. The van der Waals surface area contributed by atoms with Crippen LogP contribution in [-0.2, 0) is 14.4 Å². The summed E-state index contributed by atoms with van der Waals surface area (Å²) in [6.07, 6.45) is 7.89. The summed E-state index contributed by atoms with van der Waals surface area (Å²) in [5.41, 5.74) is 1.97. The summed E-state index contributed by atoms with van der Waals surface area (Å²) in [7, 11) is 1.74. The molecule has 0 spiro atoms. The van der Waals surface area contributed by atoms with Gasteiger partial charge in [0.2, 0.25) is 5.91 Å². The lowest BCUT2D eigenvalue weighted by atomic mass is 10.0. The number of halogens is 1. The van der Waals surface area contributed by atoms with Crippen molar-refractivity contribution in [1.29, 1.82) is 0 Å². The molecule has 2 heterocycles. The lowest BCUT2D eigenvalue weighted by molar-refractivity contribution is -0.129. The first-order valence-corrected chi connectivity index (χ1v) is 10.8.